The van der Waals surface area contributed by atoms with Gasteiger partial charge in [-0.15, -0.1) is 0 Å². The van der Waals surface area contributed by atoms with Gasteiger partial charge in [-0.1, -0.05) is 43.7 Å². The van der Waals surface area contributed by atoms with Crippen molar-refractivity contribution in [3.8, 4) is 0 Å². The maximum absolute atomic E-state index is 12.7. The van der Waals surface area contributed by atoms with Gasteiger partial charge in [0.1, 0.15) is 0 Å². The van der Waals surface area contributed by atoms with Gasteiger partial charge in [-0.05, 0) is 18.4 Å². The molecular formula is C18H23N3O2. The molecule has 0 aliphatic carbocycles. The first-order valence-electron chi connectivity index (χ1n) is 8.25. The molecule has 1 atom stereocenters. The van der Waals surface area contributed by atoms with Crippen molar-refractivity contribution in [2.24, 2.45) is 0 Å². The number of β-amino-alcohol motifs (C(OH)–C–C–N with tert-alkyl or cyclic N) is 1. The highest BCUT2D eigenvalue weighted by atomic mass is 16.3. The topological polar surface area (TPSA) is 58.4 Å². The van der Waals surface area contributed by atoms with Crippen LogP contribution in [0.5, 0.6) is 0 Å². The number of likely N-dealkylation sites (tertiary alicyclic amines) is 1. The first kappa shape index (κ1) is 15.7. The average molecular weight is 313 g/mol. The fraction of sp³-hybridized carbons (Fsp3) is 0.444. The van der Waals surface area contributed by atoms with Crippen molar-refractivity contribution in [3.05, 3.63) is 53.3 Å². The third kappa shape index (κ3) is 3.45. The van der Waals surface area contributed by atoms with Crippen LogP contribution in [0.25, 0.3) is 0 Å². The van der Waals surface area contributed by atoms with Crippen molar-refractivity contribution < 1.29 is 9.90 Å². The lowest BCUT2D eigenvalue weighted by atomic mass is 10.1. The quantitative estimate of drug-likeness (QED) is 0.919. The molecule has 0 spiro atoms. The third-order valence-electron chi connectivity index (χ3n) is 4.29. The second-order valence-corrected chi connectivity index (χ2v) is 6.09. The summed E-state index contributed by atoms with van der Waals surface area (Å²) in [5.74, 6) is -0.00990. The molecule has 3 rings (SSSR count). The van der Waals surface area contributed by atoms with Crippen molar-refractivity contribution >= 4 is 5.91 Å². The second kappa shape index (κ2) is 6.96. The zero-order valence-electron chi connectivity index (χ0n) is 13.5. The van der Waals surface area contributed by atoms with E-state index in [0.717, 1.165) is 18.5 Å². The summed E-state index contributed by atoms with van der Waals surface area (Å²) in [6.07, 6.45) is 3.73. The number of nitrogens with zero attached hydrogens (tertiary/aromatic N) is 3. The molecule has 5 nitrogen and oxygen atoms in total. The molecule has 2 aromatic rings. The summed E-state index contributed by atoms with van der Waals surface area (Å²) in [6, 6.07) is 10.1. The van der Waals surface area contributed by atoms with Crippen molar-refractivity contribution in [1.29, 1.82) is 0 Å². The number of benzene rings is 1. The molecule has 1 aliphatic rings. The van der Waals surface area contributed by atoms with Gasteiger partial charge in [-0.3, -0.25) is 9.48 Å². The summed E-state index contributed by atoms with van der Waals surface area (Å²) in [7, 11) is 0. The summed E-state index contributed by atoms with van der Waals surface area (Å²) in [5.41, 5.74) is 2.84. The largest absolute Gasteiger partial charge is 0.391 e. The predicted molar refractivity (Wildman–Crippen MR) is 88.3 cm³/mol. The van der Waals surface area contributed by atoms with Gasteiger partial charge in [0, 0.05) is 13.1 Å². The first-order chi connectivity index (χ1) is 11.2. The molecule has 0 saturated carbocycles. The van der Waals surface area contributed by atoms with Crippen molar-refractivity contribution in [2.45, 2.75) is 38.8 Å². The van der Waals surface area contributed by atoms with Gasteiger partial charge in [-0.25, -0.2) is 0 Å². The average Bonchev–Trinajstić information content (AvgIpc) is 3.16. The molecular weight excluding hydrogens is 290 g/mol. The van der Waals surface area contributed by atoms with Crippen LogP contribution in [0, 0.1) is 0 Å². The Hall–Kier alpha value is -2.14. The van der Waals surface area contributed by atoms with E-state index >= 15 is 0 Å². The fourth-order valence-corrected chi connectivity index (χ4v) is 3.08. The van der Waals surface area contributed by atoms with E-state index in [4.69, 9.17) is 0 Å². The van der Waals surface area contributed by atoms with Gasteiger partial charge in [-0.2, -0.15) is 5.10 Å². The van der Waals surface area contributed by atoms with E-state index in [1.165, 1.54) is 5.56 Å². The minimum Gasteiger partial charge on any atom is -0.391 e. The molecule has 1 N–H and O–H groups in total. The Bertz CT molecular complexity index is 666. The van der Waals surface area contributed by atoms with E-state index in [0.29, 0.717) is 31.6 Å². The summed E-state index contributed by atoms with van der Waals surface area (Å²) in [5, 5.41) is 14.1. The first-order valence-corrected chi connectivity index (χ1v) is 8.25. The highest BCUT2D eigenvalue weighted by Crippen LogP contribution is 2.19. The Balaban J connectivity index is 1.84. The number of amides is 1. The zero-order valence-corrected chi connectivity index (χ0v) is 13.5. The van der Waals surface area contributed by atoms with Crippen LogP contribution in [0.2, 0.25) is 0 Å². The number of aliphatic hydroxyl groups excluding tert-OH is 1. The predicted octanol–water partition coefficient (Wildman–Crippen LogP) is 2.09. The van der Waals surface area contributed by atoms with Crippen LogP contribution < -0.4 is 0 Å². The molecule has 1 aliphatic heterocycles. The van der Waals surface area contributed by atoms with Crippen LogP contribution in [-0.2, 0) is 13.0 Å². The summed E-state index contributed by atoms with van der Waals surface area (Å²) in [4.78, 5) is 14.4. The lowest BCUT2D eigenvalue weighted by Crippen LogP contribution is -2.30. The van der Waals surface area contributed by atoms with E-state index in [1.807, 2.05) is 22.9 Å². The number of rotatable bonds is 5. The highest BCUT2D eigenvalue weighted by molar-refractivity contribution is 5.95. The number of aromatic nitrogens is 2. The van der Waals surface area contributed by atoms with Crippen LogP contribution in [0.15, 0.2) is 36.5 Å². The van der Waals surface area contributed by atoms with E-state index in [2.05, 4.69) is 24.2 Å². The molecule has 1 fully saturated rings. The Morgan fingerprint density at radius 2 is 2.13 bits per heavy atom. The number of hydrogen-bond acceptors (Lipinski definition) is 3. The minimum atomic E-state index is -0.395. The number of aliphatic hydroxyl groups is 1. The Labute approximate surface area is 136 Å². The monoisotopic (exact) mass is 313 g/mol. The molecule has 5 heteroatoms. The number of carbonyl (C=O) groups is 1. The van der Waals surface area contributed by atoms with Crippen LogP contribution in [-0.4, -0.2) is 44.9 Å². The van der Waals surface area contributed by atoms with Crippen LogP contribution in [0.1, 0.15) is 41.4 Å². The molecule has 122 valence electrons. The molecule has 0 radical (unpaired) electrons. The van der Waals surface area contributed by atoms with E-state index in [-0.39, 0.29) is 5.91 Å². The van der Waals surface area contributed by atoms with Crippen LogP contribution >= 0.6 is 0 Å². The summed E-state index contributed by atoms with van der Waals surface area (Å²) in [6.45, 7) is 3.82. The van der Waals surface area contributed by atoms with Crippen LogP contribution in [0.4, 0.5) is 0 Å². The molecule has 0 bridgehead atoms. The van der Waals surface area contributed by atoms with Gasteiger partial charge in [0.05, 0.1) is 30.1 Å². The standard InChI is InChI=1S/C18H23N3O2/c1-2-6-17-16(18(23)20-10-9-15(22)13-20)11-19-21(17)12-14-7-4-3-5-8-14/h3-5,7-8,11,15,22H,2,6,9-10,12-13H2,1H3/t15-/m1/s1. The van der Waals surface area contributed by atoms with Crippen LogP contribution in [0.3, 0.4) is 0 Å². The van der Waals surface area contributed by atoms with Gasteiger partial charge < -0.3 is 10.0 Å². The van der Waals surface area contributed by atoms with E-state index in [1.54, 1.807) is 11.1 Å². The fourth-order valence-electron chi connectivity index (χ4n) is 3.08. The molecule has 1 saturated heterocycles. The normalized spacial score (nSPS) is 17.7. The highest BCUT2D eigenvalue weighted by Gasteiger charge is 2.28. The van der Waals surface area contributed by atoms with E-state index in [9.17, 15) is 9.90 Å². The Kier molecular flexibility index (Phi) is 4.76. The third-order valence-corrected chi connectivity index (χ3v) is 4.29. The van der Waals surface area contributed by atoms with Gasteiger partial charge in [0.15, 0.2) is 0 Å². The molecule has 1 amide bonds. The van der Waals surface area contributed by atoms with Gasteiger partial charge >= 0.3 is 0 Å². The number of hydrogen-bond donors (Lipinski definition) is 1. The van der Waals surface area contributed by atoms with E-state index < -0.39 is 6.10 Å². The van der Waals surface area contributed by atoms with Crippen molar-refractivity contribution in [2.75, 3.05) is 13.1 Å². The molecule has 2 heterocycles. The van der Waals surface area contributed by atoms with Gasteiger partial charge in [0.2, 0.25) is 0 Å². The molecule has 0 unspecified atom stereocenters. The molecule has 1 aromatic heterocycles. The van der Waals surface area contributed by atoms with Crippen molar-refractivity contribution in [1.82, 2.24) is 14.7 Å². The van der Waals surface area contributed by atoms with Crippen molar-refractivity contribution in [3.63, 3.8) is 0 Å². The summed E-state index contributed by atoms with van der Waals surface area (Å²) < 4.78 is 1.93. The Morgan fingerprint density at radius 3 is 2.78 bits per heavy atom. The van der Waals surface area contributed by atoms with Gasteiger partial charge in [0.25, 0.3) is 5.91 Å². The second-order valence-electron chi connectivity index (χ2n) is 6.09. The maximum atomic E-state index is 12.7. The maximum Gasteiger partial charge on any atom is 0.257 e. The molecule has 23 heavy (non-hydrogen) atoms. The summed E-state index contributed by atoms with van der Waals surface area (Å²) >= 11 is 0. The lowest BCUT2D eigenvalue weighted by Gasteiger charge is -2.16. The smallest absolute Gasteiger partial charge is 0.257 e. The zero-order chi connectivity index (χ0) is 16.2. The minimum absolute atomic E-state index is 0.00990. The molecule has 1 aromatic carbocycles. The number of carbonyl (C=O) groups excluding carboxylic acids is 1. The SMILES string of the molecule is CCCc1c(C(=O)N2CC[C@@H](O)C2)cnn1Cc1ccccc1. The Morgan fingerprint density at radius 1 is 1.35 bits per heavy atom. The lowest BCUT2D eigenvalue weighted by molar-refractivity contribution is 0.0763.